The van der Waals surface area contributed by atoms with Crippen LogP contribution in [0.4, 0.5) is 5.69 Å². The molecule has 0 spiro atoms. The second-order valence-corrected chi connectivity index (χ2v) is 6.68. The standard InChI is InChI=1S/C17H19BN2O3/c1-16(2)17(3,4)23-18(22-16)14-9-12(19-5)7-11-8-13(21-6)10-20-15(11)14/h7-10H,1-4,6H3. The zero-order valence-corrected chi connectivity index (χ0v) is 14.0. The molecule has 2 heterocycles. The lowest BCUT2D eigenvalue weighted by molar-refractivity contribution is 0.00578. The van der Waals surface area contributed by atoms with Crippen molar-refractivity contribution < 1.29 is 14.0 Å². The van der Waals surface area contributed by atoms with Gasteiger partial charge in [0.25, 0.3) is 0 Å². The molecule has 2 aromatic rings. The lowest BCUT2D eigenvalue weighted by Gasteiger charge is -2.32. The molecule has 1 fully saturated rings. The summed E-state index contributed by atoms with van der Waals surface area (Å²) in [4.78, 5) is 8.03. The van der Waals surface area contributed by atoms with E-state index in [2.05, 4.69) is 9.83 Å². The van der Waals surface area contributed by atoms with Crippen molar-refractivity contribution >= 4 is 29.2 Å². The molecule has 0 atom stereocenters. The maximum atomic E-state index is 7.33. The average molecular weight is 310 g/mol. The third-order valence-electron chi connectivity index (χ3n) is 4.64. The first-order chi connectivity index (χ1) is 10.8. The Bertz CT molecular complexity index is 795. The van der Waals surface area contributed by atoms with Crippen molar-refractivity contribution in [3.8, 4) is 5.75 Å². The van der Waals surface area contributed by atoms with Crippen molar-refractivity contribution in [1.82, 2.24) is 4.98 Å². The Morgan fingerprint density at radius 3 is 2.35 bits per heavy atom. The number of aromatic nitrogens is 1. The highest BCUT2D eigenvalue weighted by Crippen LogP contribution is 2.37. The number of hydrogen-bond acceptors (Lipinski definition) is 4. The number of methoxy groups -OCH3 is 1. The molecule has 1 aromatic carbocycles. The maximum absolute atomic E-state index is 7.33. The largest absolute Gasteiger partial charge is 0.495 e. The van der Waals surface area contributed by atoms with E-state index in [1.54, 1.807) is 25.4 Å². The molecule has 118 valence electrons. The fourth-order valence-electron chi connectivity index (χ4n) is 2.57. The fraction of sp³-hybridized carbons (Fsp3) is 0.412. The molecule has 1 aliphatic rings. The lowest BCUT2D eigenvalue weighted by Crippen LogP contribution is -2.41. The van der Waals surface area contributed by atoms with Crippen LogP contribution in [0.1, 0.15) is 27.7 Å². The SMILES string of the molecule is [C-]#[N+]c1cc(B2OC(C)(C)C(C)(C)O2)c2ncc(OC)cc2c1. The first-order valence-corrected chi connectivity index (χ1v) is 7.48. The molecule has 5 nitrogen and oxygen atoms in total. The molecule has 0 unspecified atom stereocenters. The van der Waals surface area contributed by atoms with Crippen molar-refractivity contribution in [2.45, 2.75) is 38.9 Å². The summed E-state index contributed by atoms with van der Waals surface area (Å²) in [6.45, 7) is 15.3. The van der Waals surface area contributed by atoms with E-state index in [1.807, 2.05) is 33.8 Å². The molecule has 6 heteroatoms. The van der Waals surface area contributed by atoms with Gasteiger partial charge in [-0.1, -0.05) is 6.07 Å². The molecule has 1 saturated heterocycles. The van der Waals surface area contributed by atoms with Crippen LogP contribution in [0.25, 0.3) is 15.7 Å². The van der Waals surface area contributed by atoms with Gasteiger partial charge in [-0.25, -0.2) is 4.85 Å². The molecule has 0 aliphatic carbocycles. The van der Waals surface area contributed by atoms with Gasteiger partial charge in [0.2, 0.25) is 0 Å². The Labute approximate surface area is 136 Å². The van der Waals surface area contributed by atoms with Gasteiger partial charge < -0.3 is 14.0 Å². The molecule has 23 heavy (non-hydrogen) atoms. The number of pyridine rings is 1. The first-order valence-electron chi connectivity index (χ1n) is 7.48. The van der Waals surface area contributed by atoms with Crippen LogP contribution in [-0.4, -0.2) is 30.4 Å². The van der Waals surface area contributed by atoms with E-state index >= 15 is 0 Å². The van der Waals surface area contributed by atoms with Crippen LogP contribution in [0.15, 0.2) is 24.4 Å². The van der Waals surface area contributed by atoms with E-state index < -0.39 is 18.3 Å². The van der Waals surface area contributed by atoms with E-state index in [1.165, 1.54) is 0 Å². The minimum absolute atomic E-state index is 0.440. The molecule has 0 bridgehead atoms. The summed E-state index contributed by atoms with van der Waals surface area (Å²) in [6.07, 6.45) is 1.66. The minimum Gasteiger partial charge on any atom is -0.495 e. The van der Waals surface area contributed by atoms with Gasteiger partial charge in [0.05, 0.1) is 36.6 Å². The van der Waals surface area contributed by atoms with Crippen LogP contribution in [0.2, 0.25) is 0 Å². The molecule has 0 N–H and O–H groups in total. The predicted molar refractivity (Wildman–Crippen MR) is 90.3 cm³/mol. The fourth-order valence-corrected chi connectivity index (χ4v) is 2.57. The number of nitrogens with zero attached hydrogens (tertiary/aromatic N) is 2. The monoisotopic (exact) mass is 310 g/mol. The minimum atomic E-state index is -0.551. The van der Waals surface area contributed by atoms with Crippen molar-refractivity contribution in [1.29, 1.82) is 0 Å². The second-order valence-electron chi connectivity index (χ2n) is 6.68. The Kier molecular flexibility index (Phi) is 3.59. The van der Waals surface area contributed by atoms with Crippen molar-refractivity contribution in [3.05, 3.63) is 35.8 Å². The van der Waals surface area contributed by atoms with E-state index in [-0.39, 0.29) is 0 Å². The third-order valence-corrected chi connectivity index (χ3v) is 4.64. The van der Waals surface area contributed by atoms with Crippen molar-refractivity contribution in [2.75, 3.05) is 7.11 Å². The molecule has 1 aromatic heterocycles. The summed E-state index contributed by atoms with van der Waals surface area (Å²) < 4.78 is 17.5. The maximum Gasteiger partial charge on any atom is 0.495 e. The Morgan fingerprint density at radius 1 is 1.13 bits per heavy atom. The van der Waals surface area contributed by atoms with Gasteiger partial charge in [0.1, 0.15) is 5.75 Å². The molecule has 0 radical (unpaired) electrons. The number of fused-ring (bicyclic) bond motifs is 1. The summed E-state index contributed by atoms with van der Waals surface area (Å²) in [7, 11) is 1.04. The first kappa shape index (κ1) is 15.8. The highest BCUT2D eigenvalue weighted by atomic mass is 16.7. The van der Waals surface area contributed by atoms with Gasteiger partial charge in [0.15, 0.2) is 5.69 Å². The van der Waals surface area contributed by atoms with Crippen molar-refractivity contribution in [2.24, 2.45) is 0 Å². The summed E-state index contributed by atoms with van der Waals surface area (Å²) in [5.74, 6) is 0.652. The number of rotatable bonds is 2. The van der Waals surface area contributed by atoms with E-state index in [0.717, 1.165) is 16.4 Å². The Balaban J connectivity index is 2.16. The van der Waals surface area contributed by atoms with Gasteiger partial charge in [-0.15, -0.1) is 0 Å². The van der Waals surface area contributed by atoms with Crippen molar-refractivity contribution in [3.63, 3.8) is 0 Å². The predicted octanol–water partition coefficient (Wildman–Crippen LogP) is 3.09. The molecule has 3 rings (SSSR count). The quantitative estimate of drug-likeness (QED) is 0.631. The molecule has 0 saturated carbocycles. The molecular weight excluding hydrogens is 291 g/mol. The number of hydrogen-bond donors (Lipinski definition) is 0. The van der Waals surface area contributed by atoms with Crippen LogP contribution in [-0.2, 0) is 9.31 Å². The Hall–Kier alpha value is -2.10. The van der Waals surface area contributed by atoms with Gasteiger partial charge in [-0.05, 0) is 50.7 Å². The van der Waals surface area contributed by atoms with E-state index in [9.17, 15) is 0 Å². The van der Waals surface area contributed by atoms with Crippen LogP contribution in [0, 0.1) is 6.57 Å². The van der Waals surface area contributed by atoms with Gasteiger partial charge in [-0.2, -0.15) is 0 Å². The van der Waals surface area contributed by atoms with Gasteiger partial charge in [-0.3, -0.25) is 4.98 Å². The van der Waals surface area contributed by atoms with Crippen LogP contribution < -0.4 is 10.2 Å². The Morgan fingerprint density at radius 2 is 1.78 bits per heavy atom. The molecule has 0 amide bonds. The summed E-state index contributed by atoms with van der Waals surface area (Å²) in [5, 5.41) is 0.836. The topological polar surface area (TPSA) is 44.9 Å². The normalized spacial score (nSPS) is 18.9. The lowest BCUT2D eigenvalue weighted by atomic mass is 9.77. The smallest absolute Gasteiger partial charge is 0.495 e. The van der Waals surface area contributed by atoms with Crippen LogP contribution in [0.5, 0.6) is 5.75 Å². The third kappa shape index (κ3) is 2.56. The van der Waals surface area contributed by atoms with Gasteiger partial charge in [0, 0.05) is 0 Å². The molecule has 1 aliphatic heterocycles. The van der Waals surface area contributed by atoms with Crippen LogP contribution >= 0.6 is 0 Å². The van der Waals surface area contributed by atoms with E-state index in [4.69, 9.17) is 20.6 Å². The zero-order valence-electron chi connectivity index (χ0n) is 14.0. The zero-order chi connectivity index (χ0) is 16.8. The number of ether oxygens (including phenoxy) is 1. The molecular formula is C17H19BN2O3. The summed E-state index contributed by atoms with van der Waals surface area (Å²) >= 11 is 0. The average Bonchev–Trinajstić information content (AvgIpc) is 2.73. The highest BCUT2D eigenvalue weighted by Gasteiger charge is 2.52. The highest BCUT2D eigenvalue weighted by molar-refractivity contribution is 6.65. The second kappa shape index (κ2) is 5.22. The van der Waals surface area contributed by atoms with Crippen LogP contribution in [0.3, 0.4) is 0 Å². The summed E-state index contributed by atoms with van der Waals surface area (Å²) in [6, 6.07) is 5.45. The summed E-state index contributed by atoms with van der Waals surface area (Å²) in [5.41, 5.74) is 1.18. The van der Waals surface area contributed by atoms with Gasteiger partial charge >= 0.3 is 7.12 Å². The van der Waals surface area contributed by atoms with E-state index in [0.29, 0.717) is 11.4 Å². The number of benzene rings is 1.